The van der Waals surface area contributed by atoms with E-state index in [0.717, 1.165) is 27.1 Å². The van der Waals surface area contributed by atoms with Crippen LogP contribution in [0, 0.1) is 11.8 Å². The summed E-state index contributed by atoms with van der Waals surface area (Å²) in [4.78, 5) is 26.2. The summed E-state index contributed by atoms with van der Waals surface area (Å²) >= 11 is 3.64. The van der Waals surface area contributed by atoms with Crippen LogP contribution in [0.2, 0.25) is 0 Å². The summed E-state index contributed by atoms with van der Waals surface area (Å²) in [5.74, 6) is -0.500. The van der Waals surface area contributed by atoms with E-state index in [1.807, 2.05) is 43.3 Å². The number of hydrogen-bond acceptors (Lipinski definition) is 7. The molecule has 2 aromatic rings. The fourth-order valence-electron chi connectivity index (χ4n) is 4.52. The summed E-state index contributed by atoms with van der Waals surface area (Å²) in [5.41, 5.74) is 3.91. The number of carbonyl (C=O) groups is 2. The first-order valence-electron chi connectivity index (χ1n) is 10.0. The fourth-order valence-corrected chi connectivity index (χ4v) is 5.07. The predicted molar refractivity (Wildman–Crippen MR) is 118 cm³/mol. The van der Waals surface area contributed by atoms with Gasteiger partial charge in [-0.2, -0.15) is 0 Å². The van der Waals surface area contributed by atoms with Gasteiger partial charge in [-0.05, 0) is 42.2 Å². The number of halogens is 1. The van der Waals surface area contributed by atoms with Crippen molar-refractivity contribution in [1.82, 2.24) is 0 Å². The molecule has 7 nitrogen and oxygen atoms in total. The van der Waals surface area contributed by atoms with Gasteiger partial charge in [-0.3, -0.25) is 9.59 Å². The Bertz CT molecular complexity index is 1130. The molecule has 0 fully saturated rings. The Morgan fingerprint density at radius 1 is 1.16 bits per heavy atom. The molecule has 1 aliphatic carbocycles. The van der Waals surface area contributed by atoms with Crippen LogP contribution in [-0.4, -0.2) is 25.7 Å². The molecule has 0 bridgehead atoms. The van der Waals surface area contributed by atoms with Crippen molar-refractivity contribution >= 4 is 39.1 Å². The maximum absolute atomic E-state index is 13.7. The van der Waals surface area contributed by atoms with Crippen molar-refractivity contribution in [3.05, 3.63) is 57.7 Å². The first-order chi connectivity index (χ1) is 15.0. The molecule has 0 spiro atoms. The minimum Gasteiger partial charge on any atom is -0.468 e. The average Bonchev–Trinajstić information content (AvgIpc) is 3.13. The summed E-state index contributed by atoms with van der Waals surface area (Å²) in [6.07, 6.45) is 0.551. The number of methoxy groups -OCH3 is 1. The highest BCUT2D eigenvalue weighted by Gasteiger charge is 2.44. The number of ketones is 1. The lowest BCUT2D eigenvalue weighted by atomic mass is 9.75. The average molecular weight is 485 g/mol. The number of para-hydroxylation sites is 2. The van der Waals surface area contributed by atoms with E-state index in [2.05, 4.69) is 26.6 Å². The molecule has 2 aromatic carbocycles. The third-order valence-electron chi connectivity index (χ3n) is 6.03. The Balaban J connectivity index is 1.69. The van der Waals surface area contributed by atoms with Crippen LogP contribution < -0.4 is 20.1 Å². The van der Waals surface area contributed by atoms with Crippen molar-refractivity contribution in [2.24, 2.45) is 11.8 Å². The van der Waals surface area contributed by atoms with Crippen LogP contribution in [0.15, 0.2) is 52.1 Å². The molecule has 31 heavy (non-hydrogen) atoms. The second kappa shape index (κ2) is 7.60. The van der Waals surface area contributed by atoms with Crippen molar-refractivity contribution in [3.63, 3.8) is 0 Å². The highest BCUT2D eigenvalue weighted by molar-refractivity contribution is 9.10. The number of anilines is 2. The number of esters is 1. The third kappa shape index (κ3) is 3.26. The number of allylic oxidation sites excluding steroid dienone is 1. The maximum Gasteiger partial charge on any atom is 0.316 e. The molecular formula is C23H21BrN2O5. The monoisotopic (exact) mass is 484 g/mol. The van der Waals surface area contributed by atoms with Gasteiger partial charge in [0.1, 0.15) is 5.92 Å². The molecule has 5 rings (SSSR count). The molecule has 3 atom stereocenters. The van der Waals surface area contributed by atoms with Crippen molar-refractivity contribution in [1.29, 1.82) is 0 Å². The smallest absolute Gasteiger partial charge is 0.316 e. The first-order valence-corrected chi connectivity index (χ1v) is 10.8. The Kier molecular flexibility index (Phi) is 4.89. The van der Waals surface area contributed by atoms with Crippen LogP contribution in [-0.2, 0) is 14.3 Å². The standard InChI is InChI=1S/C23H21BrN2O5/c1-11-7-16-20(22(27)19(11)23(28)29-2)21(26-15-6-4-3-5-14(15)25-16)12-8-17-18(9-13(12)24)31-10-30-17/h3-6,8-9,11,19,21,25-26H,7,10H2,1-2H3/t11-,19-,21-/m0/s1. The molecule has 0 amide bonds. The van der Waals surface area contributed by atoms with E-state index in [0.29, 0.717) is 23.5 Å². The fraction of sp³-hybridized carbons (Fsp3) is 0.304. The second-order valence-corrected chi connectivity index (χ2v) is 8.77. The van der Waals surface area contributed by atoms with Crippen molar-refractivity contribution in [3.8, 4) is 11.5 Å². The van der Waals surface area contributed by atoms with Crippen LogP contribution in [0.4, 0.5) is 11.4 Å². The van der Waals surface area contributed by atoms with Crippen molar-refractivity contribution in [2.45, 2.75) is 19.4 Å². The molecule has 0 unspecified atom stereocenters. The van der Waals surface area contributed by atoms with Crippen LogP contribution in [0.1, 0.15) is 24.9 Å². The summed E-state index contributed by atoms with van der Waals surface area (Å²) in [5, 5.41) is 6.95. The minimum atomic E-state index is -0.844. The van der Waals surface area contributed by atoms with E-state index < -0.39 is 17.9 Å². The van der Waals surface area contributed by atoms with Gasteiger partial charge in [-0.1, -0.05) is 35.0 Å². The summed E-state index contributed by atoms with van der Waals surface area (Å²) < 4.78 is 16.8. The van der Waals surface area contributed by atoms with Gasteiger partial charge in [0.2, 0.25) is 6.79 Å². The van der Waals surface area contributed by atoms with E-state index in [4.69, 9.17) is 14.2 Å². The number of fused-ring (bicyclic) bond motifs is 2. The van der Waals surface area contributed by atoms with Gasteiger partial charge in [0.25, 0.3) is 0 Å². The van der Waals surface area contributed by atoms with Crippen LogP contribution in [0.25, 0.3) is 0 Å². The molecule has 0 aromatic heterocycles. The lowest BCUT2D eigenvalue weighted by Crippen LogP contribution is -2.39. The van der Waals surface area contributed by atoms with Gasteiger partial charge in [0.15, 0.2) is 17.3 Å². The zero-order valence-electron chi connectivity index (χ0n) is 17.0. The van der Waals surface area contributed by atoms with Gasteiger partial charge in [0.05, 0.1) is 24.5 Å². The number of benzene rings is 2. The van der Waals surface area contributed by atoms with Gasteiger partial charge in [-0.25, -0.2) is 0 Å². The third-order valence-corrected chi connectivity index (χ3v) is 6.71. The zero-order valence-corrected chi connectivity index (χ0v) is 18.6. The molecule has 3 aliphatic rings. The molecule has 2 aliphatic heterocycles. The number of nitrogens with one attached hydrogen (secondary N) is 2. The lowest BCUT2D eigenvalue weighted by molar-refractivity contribution is -0.151. The van der Waals surface area contributed by atoms with E-state index in [-0.39, 0.29) is 18.5 Å². The molecule has 0 radical (unpaired) electrons. The zero-order chi connectivity index (χ0) is 21.7. The van der Waals surface area contributed by atoms with E-state index in [1.165, 1.54) is 7.11 Å². The number of rotatable bonds is 2. The van der Waals surface area contributed by atoms with Gasteiger partial charge < -0.3 is 24.8 Å². The predicted octanol–water partition coefficient (Wildman–Crippen LogP) is 4.41. The Hall–Kier alpha value is -3.00. The normalized spacial score (nSPS) is 23.8. The van der Waals surface area contributed by atoms with Crippen molar-refractivity contribution in [2.75, 3.05) is 24.5 Å². The highest BCUT2D eigenvalue weighted by Crippen LogP contribution is 2.47. The van der Waals surface area contributed by atoms with E-state index >= 15 is 0 Å². The SMILES string of the molecule is COC(=O)[C@@H]1C(=O)C2=C(C[C@@H]1C)Nc1ccccc1N[C@H]2c1cc2c(cc1Br)OCO2. The summed E-state index contributed by atoms with van der Waals surface area (Å²) in [6.45, 7) is 2.06. The molecule has 0 saturated heterocycles. The Morgan fingerprint density at radius 3 is 2.61 bits per heavy atom. The Morgan fingerprint density at radius 2 is 1.87 bits per heavy atom. The van der Waals surface area contributed by atoms with Gasteiger partial charge in [0, 0.05) is 15.7 Å². The van der Waals surface area contributed by atoms with Gasteiger partial charge in [-0.15, -0.1) is 0 Å². The number of ether oxygens (including phenoxy) is 3. The molecule has 8 heteroatoms. The molecular weight excluding hydrogens is 464 g/mol. The number of hydrogen-bond donors (Lipinski definition) is 2. The molecule has 160 valence electrons. The molecule has 2 N–H and O–H groups in total. The Labute approximate surface area is 187 Å². The van der Waals surface area contributed by atoms with Gasteiger partial charge >= 0.3 is 5.97 Å². The van der Waals surface area contributed by atoms with Crippen molar-refractivity contribution < 1.29 is 23.8 Å². The number of carbonyl (C=O) groups excluding carboxylic acids is 2. The maximum atomic E-state index is 13.7. The first kappa shape index (κ1) is 19.9. The van der Waals surface area contributed by atoms with E-state index in [1.54, 1.807) is 0 Å². The number of Topliss-reactive ketones (excluding diaryl/α,β-unsaturated/α-hetero) is 1. The largest absolute Gasteiger partial charge is 0.468 e. The highest BCUT2D eigenvalue weighted by atomic mass is 79.9. The minimum absolute atomic E-state index is 0.155. The van der Waals surface area contributed by atoms with E-state index in [9.17, 15) is 9.59 Å². The lowest BCUT2D eigenvalue weighted by Gasteiger charge is -2.32. The molecule has 0 saturated carbocycles. The molecule has 2 heterocycles. The quantitative estimate of drug-likeness (QED) is 0.482. The van der Waals surface area contributed by atoms with Crippen LogP contribution in [0.5, 0.6) is 11.5 Å². The van der Waals surface area contributed by atoms with Crippen LogP contribution in [0.3, 0.4) is 0 Å². The topological polar surface area (TPSA) is 85.9 Å². The second-order valence-electron chi connectivity index (χ2n) is 7.91. The summed E-state index contributed by atoms with van der Waals surface area (Å²) in [7, 11) is 1.32. The summed E-state index contributed by atoms with van der Waals surface area (Å²) in [6, 6.07) is 11.0. The van der Waals surface area contributed by atoms with Crippen LogP contribution >= 0.6 is 15.9 Å².